The lowest BCUT2D eigenvalue weighted by atomic mass is 10.2. The van der Waals surface area contributed by atoms with E-state index in [2.05, 4.69) is 47.2 Å². The molecule has 0 spiro atoms. The van der Waals surface area contributed by atoms with Gasteiger partial charge in [-0.1, -0.05) is 24.3 Å². The minimum Gasteiger partial charge on any atom is -0.346 e. The van der Waals surface area contributed by atoms with Gasteiger partial charge in [0, 0.05) is 43.2 Å². The molecule has 1 saturated heterocycles. The molecule has 4 heteroatoms. The monoisotopic (exact) mass is 286 g/mol. The molecule has 20 heavy (non-hydrogen) atoms. The Morgan fingerprint density at radius 2 is 1.85 bits per heavy atom. The van der Waals surface area contributed by atoms with Gasteiger partial charge in [-0.15, -0.1) is 11.3 Å². The third-order valence-corrected chi connectivity index (χ3v) is 4.72. The smallest absolute Gasteiger partial charge is 0.185 e. The molecule has 0 saturated carbocycles. The number of hydrogen-bond donors (Lipinski definition) is 0. The van der Waals surface area contributed by atoms with E-state index in [1.807, 2.05) is 12.1 Å². The summed E-state index contributed by atoms with van der Waals surface area (Å²) in [4.78, 5) is 9.72. The van der Waals surface area contributed by atoms with Gasteiger partial charge in [-0.3, -0.25) is 4.90 Å². The minimum absolute atomic E-state index is 0.643. The van der Waals surface area contributed by atoms with Crippen molar-refractivity contribution in [2.75, 3.05) is 31.1 Å². The molecule has 1 aliphatic rings. The summed E-state index contributed by atoms with van der Waals surface area (Å²) in [5, 5.41) is 3.30. The van der Waals surface area contributed by atoms with Crippen LogP contribution in [0.25, 0.3) is 11.3 Å². The zero-order valence-corrected chi connectivity index (χ0v) is 12.9. The summed E-state index contributed by atoms with van der Waals surface area (Å²) in [6, 6.07) is 11.7. The molecular weight excluding hydrogens is 266 g/mol. The van der Waals surface area contributed by atoms with Gasteiger partial charge in [-0.2, -0.15) is 0 Å². The van der Waals surface area contributed by atoms with Crippen molar-refractivity contribution in [3.8, 4) is 11.3 Å². The Morgan fingerprint density at radius 1 is 1.15 bits per heavy atom. The Bertz CT molecular complexity index is 542. The number of thiazole rings is 1. The highest BCUT2D eigenvalue weighted by Crippen LogP contribution is 2.28. The van der Waals surface area contributed by atoms with Crippen molar-refractivity contribution in [2.24, 2.45) is 0 Å². The molecule has 0 aliphatic carbocycles. The first-order valence-electron chi connectivity index (χ1n) is 7.15. The van der Waals surface area contributed by atoms with Crippen LogP contribution in [0.1, 0.15) is 13.8 Å². The van der Waals surface area contributed by atoms with Gasteiger partial charge in [0.1, 0.15) is 0 Å². The predicted octanol–water partition coefficient (Wildman–Crippen LogP) is 3.14. The first kappa shape index (κ1) is 13.6. The highest BCUT2D eigenvalue weighted by molar-refractivity contribution is 7.14. The van der Waals surface area contributed by atoms with Gasteiger partial charge in [-0.25, -0.2) is 4.98 Å². The maximum absolute atomic E-state index is 4.79. The second-order valence-corrected chi connectivity index (χ2v) is 6.26. The maximum Gasteiger partial charge on any atom is 0.185 e. The van der Waals surface area contributed by atoms with E-state index in [4.69, 9.17) is 4.98 Å². The van der Waals surface area contributed by atoms with Crippen molar-refractivity contribution in [2.45, 2.75) is 19.9 Å². The molecule has 0 bridgehead atoms. The number of piperazine rings is 1. The number of anilines is 1. The average Bonchev–Trinajstić information content (AvgIpc) is 2.98. The lowest BCUT2D eigenvalue weighted by Crippen LogP contribution is -2.48. The van der Waals surface area contributed by atoms with Crippen LogP contribution in [0.15, 0.2) is 29.6 Å². The first-order valence-corrected chi connectivity index (χ1v) is 8.03. The van der Waals surface area contributed by atoms with Gasteiger partial charge in [0.05, 0.1) is 5.69 Å². The lowest BCUT2D eigenvalue weighted by molar-refractivity contribution is 0.209. The average molecular weight is 286 g/mol. The molecule has 1 fully saturated rings. The number of nitrogens with zero attached hydrogens (tertiary/aromatic N) is 3. The Morgan fingerprint density at radius 3 is 2.50 bits per heavy atom. The third-order valence-electron chi connectivity index (χ3n) is 3.82. The lowest BCUT2D eigenvalue weighted by Gasteiger charge is -2.36. The van der Waals surface area contributed by atoms with Gasteiger partial charge in [0.2, 0.25) is 0 Å². The molecular formula is C16H20N3S. The molecule has 0 unspecified atom stereocenters. The fraction of sp³-hybridized carbons (Fsp3) is 0.438. The molecule has 105 valence electrons. The van der Waals surface area contributed by atoms with Crippen LogP contribution in [0, 0.1) is 6.07 Å². The van der Waals surface area contributed by atoms with Crippen LogP contribution in [0.2, 0.25) is 0 Å². The molecule has 1 radical (unpaired) electrons. The van der Waals surface area contributed by atoms with E-state index in [0.717, 1.165) is 37.0 Å². The van der Waals surface area contributed by atoms with Crippen molar-refractivity contribution in [1.82, 2.24) is 9.88 Å². The topological polar surface area (TPSA) is 19.4 Å². The van der Waals surface area contributed by atoms with Gasteiger partial charge in [0.25, 0.3) is 0 Å². The molecule has 0 atom stereocenters. The van der Waals surface area contributed by atoms with E-state index in [0.29, 0.717) is 6.04 Å². The summed E-state index contributed by atoms with van der Waals surface area (Å²) in [5.41, 5.74) is 2.25. The highest BCUT2D eigenvalue weighted by atomic mass is 32.1. The van der Waals surface area contributed by atoms with E-state index < -0.39 is 0 Å². The van der Waals surface area contributed by atoms with Gasteiger partial charge in [-0.05, 0) is 19.9 Å². The Labute approximate surface area is 124 Å². The summed E-state index contributed by atoms with van der Waals surface area (Å²) >= 11 is 1.75. The van der Waals surface area contributed by atoms with Crippen molar-refractivity contribution in [3.63, 3.8) is 0 Å². The van der Waals surface area contributed by atoms with E-state index in [9.17, 15) is 0 Å². The summed E-state index contributed by atoms with van der Waals surface area (Å²) in [6.45, 7) is 8.95. The molecule has 1 aliphatic heterocycles. The molecule has 0 N–H and O–H groups in total. The molecule has 2 aromatic rings. The van der Waals surface area contributed by atoms with E-state index in [1.54, 1.807) is 11.3 Å². The van der Waals surface area contributed by atoms with Crippen LogP contribution < -0.4 is 4.90 Å². The van der Waals surface area contributed by atoms with Crippen molar-refractivity contribution in [1.29, 1.82) is 0 Å². The van der Waals surface area contributed by atoms with Crippen LogP contribution >= 0.6 is 11.3 Å². The summed E-state index contributed by atoms with van der Waals surface area (Å²) < 4.78 is 0. The molecule has 1 aromatic carbocycles. The van der Waals surface area contributed by atoms with E-state index in [-0.39, 0.29) is 0 Å². The van der Waals surface area contributed by atoms with Crippen LogP contribution in [-0.2, 0) is 0 Å². The summed E-state index contributed by atoms with van der Waals surface area (Å²) in [5.74, 6) is 0. The van der Waals surface area contributed by atoms with E-state index >= 15 is 0 Å². The molecule has 2 heterocycles. The Balaban J connectivity index is 1.69. The fourth-order valence-corrected chi connectivity index (χ4v) is 3.42. The van der Waals surface area contributed by atoms with Gasteiger partial charge in [0.15, 0.2) is 5.13 Å². The molecule has 0 amide bonds. The van der Waals surface area contributed by atoms with Gasteiger partial charge >= 0.3 is 0 Å². The quantitative estimate of drug-likeness (QED) is 0.864. The zero-order valence-electron chi connectivity index (χ0n) is 12.0. The van der Waals surface area contributed by atoms with Crippen molar-refractivity contribution < 1.29 is 0 Å². The first-order chi connectivity index (χ1) is 9.74. The maximum atomic E-state index is 4.79. The van der Waals surface area contributed by atoms with Crippen molar-refractivity contribution in [3.05, 3.63) is 35.7 Å². The fourth-order valence-electron chi connectivity index (χ4n) is 2.53. The van der Waals surface area contributed by atoms with Crippen molar-refractivity contribution >= 4 is 16.5 Å². The van der Waals surface area contributed by atoms with Gasteiger partial charge < -0.3 is 4.90 Å². The second-order valence-electron chi connectivity index (χ2n) is 5.42. The number of hydrogen-bond acceptors (Lipinski definition) is 4. The molecule has 3 nitrogen and oxygen atoms in total. The Kier molecular flexibility index (Phi) is 4.03. The van der Waals surface area contributed by atoms with Crippen LogP contribution in [0.3, 0.4) is 0 Å². The SMILES string of the molecule is CC(C)N1CCN(c2nc(-c3cc[c]cc3)cs2)CC1. The number of aromatic nitrogens is 1. The second kappa shape index (κ2) is 5.94. The molecule has 1 aromatic heterocycles. The summed E-state index contributed by atoms with van der Waals surface area (Å²) in [6.07, 6.45) is 0. The highest BCUT2D eigenvalue weighted by Gasteiger charge is 2.20. The van der Waals surface area contributed by atoms with Crippen LogP contribution in [0.4, 0.5) is 5.13 Å². The van der Waals surface area contributed by atoms with Crippen LogP contribution in [0.5, 0.6) is 0 Å². The number of rotatable bonds is 3. The standard InChI is InChI=1S/C16H20N3S/c1-13(2)18-8-10-19(11-9-18)16-17-15(12-20-16)14-6-4-3-5-7-14/h4-7,12-13H,8-11H2,1-2H3. The minimum atomic E-state index is 0.643. The summed E-state index contributed by atoms with van der Waals surface area (Å²) in [7, 11) is 0. The Hall–Kier alpha value is -1.39. The third kappa shape index (κ3) is 2.86. The van der Waals surface area contributed by atoms with Crippen LogP contribution in [-0.4, -0.2) is 42.1 Å². The van der Waals surface area contributed by atoms with E-state index in [1.165, 1.54) is 5.56 Å². The number of benzene rings is 1. The zero-order chi connectivity index (χ0) is 13.9. The molecule has 3 rings (SSSR count). The largest absolute Gasteiger partial charge is 0.346 e. The predicted molar refractivity (Wildman–Crippen MR) is 85.3 cm³/mol. The normalized spacial score (nSPS) is 16.9.